The van der Waals surface area contributed by atoms with E-state index in [2.05, 4.69) is 30.5 Å². The van der Waals surface area contributed by atoms with E-state index in [1.807, 2.05) is 6.92 Å². The van der Waals surface area contributed by atoms with Gasteiger partial charge in [-0.15, -0.1) is 5.10 Å². The lowest BCUT2D eigenvalue weighted by atomic mass is 10.5. The van der Waals surface area contributed by atoms with Crippen molar-refractivity contribution in [2.45, 2.75) is 13.3 Å². The normalized spacial score (nSPS) is 10.2. The molecule has 20 heavy (non-hydrogen) atoms. The topological polar surface area (TPSA) is 115 Å². The molecule has 0 aliphatic carbocycles. The molecule has 0 bridgehead atoms. The molecule has 0 saturated carbocycles. The van der Waals surface area contributed by atoms with Gasteiger partial charge in [0.2, 0.25) is 23.5 Å². The number of rotatable bonds is 5. The fourth-order valence-electron chi connectivity index (χ4n) is 1.38. The van der Waals surface area contributed by atoms with Gasteiger partial charge in [-0.25, -0.2) is 4.98 Å². The number of amides is 1. The lowest BCUT2D eigenvalue weighted by Crippen LogP contribution is -2.16. The molecule has 9 heteroatoms. The molecule has 2 aromatic rings. The molecule has 0 aliphatic rings. The van der Waals surface area contributed by atoms with Gasteiger partial charge >= 0.3 is 0 Å². The number of H-pyrrole nitrogens is 1. The summed E-state index contributed by atoms with van der Waals surface area (Å²) in [6.45, 7) is 1.90. The predicted octanol–water partition coefficient (Wildman–Crippen LogP) is 0.427. The zero-order chi connectivity index (χ0) is 14.5. The van der Waals surface area contributed by atoms with E-state index in [0.717, 1.165) is 0 Å². The predicted molar refractivity (Wildman–Crippen MR) is 68.8 cm³/mol. The van der Waals surface area contributed by atoms with Crippen molar-refractivity contribution in [1.82, 2.24) is 25.1 Å². The van der Waals surface area contributed by atoms with E-state index in [1.165, 1.54) is 20.3 Å². The summed E-state index contributed by atoms with van der Waals surface area (Å²) in [5, 5.41) is 8.94. The number of hydrogen-bond acceptors (Lipinski definition) is 7. The van der Waals surface area contributed by atoms with Crippen molar-refractivity contribution >= 4 is 11.9 Å². The Kier molecular flexibility index (Phi) is 4.08. The standard InChI is InChI=1S/C11H14N6O3/c1-4-6-12-9(17-16-6)10(18)15-11-13-7(19-2)5-8(14-11)20-3/h5H,4H2,1-3H3,(H,12,16,17)(H,13,14,15,18). The minimum Gasteiger partial charge on any atom is -0.481 e. The van der Waals surface area contributed by atoms with E-state index in [4.69, 9.17) is 9.47 Å². The second kappa shape index (κ2) is 5.95. The molecular weight excluding hydrogens is 264 g/mol. The van der Waals surface area contributed by atoms with Gasteiger partial charge in [-0.1, -0.05) is 6.92 Å². The number of hydrogen-bond donors (Lipinski definition) is 2. The number of aromatic nitrogens is 5. The minimum atomic E-state index is -0.517. The number of nitrogens with one attached hydrogen (secondary N) is 2. The van der Waals surface area contributed by atoms with Gasteiger partial charge in [-0.2, -0.15) is 9.97 Å². The monoisotopic (exact) mass is 278 g/mol. The fraction of sp³-hybridized carbons (Fsp3) is 0.364. The SMILES string of the molecule is CCc1nc(C(=O)Nc2nc(OC)cc(OC)n2)n[nH]1. The fourth-order valence-corrected chi connectivity index (χ4v) is 1.38. The molecule has 0 aromatic carbocycles. The maximum Gasteiger partial charge on any atom is 0.297 e. The van der Waals surface area contributed by atoms with Crippen molar-refractivity contribution < 1.29 is 14.3 Å². The van der Waals surface area contributed by atoms with Crippen LogP contribution in [0.4, 0.5) is 5.95 Å². The first-order valence-corrected chi connectivity index (χ1v) is 5.86. The van der Waals surface area contributed by atoms with Crippen LogP contribution < -0.4 is 14.8 Å². The molecule has 0 atom stereocenters. The summed E-state index contributed by atoms with van der Waals surface area (Å²) >= 11 is 0. The summed E-state index contributed by atoms with van der Waals surface area (Å²) in [4.78, 5) is 23.9. The molecule has 2 aromatic heterocycles. The van der Waals surface area contributed by atoms with E-state index < -0.39 is 5.91 Å². The van der Waals surface area contributed by atoms with Crippen LogP contribution in [0.2, 0.25) is 0 Å². The van der Waals surface area contributed by atoms with Crippen molar-refractivity contribution in [3.8, 4) is 11.8 Å². The Morgan fingerprint density at radius 1 is 1.25 bits per heavy atom. The van der Waals surface area contributed by atoms with E-state index in [0.29, 0.717) is 12.2 Å². The molecule has 9 nitrogen and oxygen atoms in total. The van der Waals surface area contributed by atoms with Crippen LogP contribution in [0.3, 0.4) is 0 Å². The number of anilines is 1. The van der Waals surface area contributed by atoms with E-state index in [1.54, 1.807) is 0 Å². The first-order valence-electron chi connectivity index (χ1n) is 5.86. The number of aryl methyl sites for hydroxylation is 1. The second-order valence-corrected chi connectivity index (χ2v) is 3.69. The van der Waals surface area contributed by atoms with Crippen molar-refractivity contribution in [3.05, 3.63) is 17.7 Å². The molecule has 2 rings (SSSR count). The average Bonchev–Trinajstić information content (AvgIpc) is 2.95. The van der Waals surface area contributed by atoms with Crippen molar-refractivity contribution in [1.29, 1.82) is 0 Å². The van der Waals surface area contributed by atoms with Gasteiger partial charge < -0.3 is 9.47 Å². The van der Waals surface area contributed by atoms with Gasteiger partial charge in [-0.05, 0) is 0 Å². The van der Waals surface area contributed by atoms with Crippen LogP contribution in [0.25, 0.3) is 0 Å². The van der Waals surface area contributed by atoms with Crippen LogP contribution in [0.1, 0.15) is 23.4 Å². The number of methoxy groups -OCH3 is 2. The number of carbonyl (C=O) groups is 1. The maximum absolute atomic E-state index is 11.9. The molecule has 106 valence electrons. The maximum atomic E-state index is 11.9. The summed E-state index contributed by atoms with van der Waals surface area (Å²) < 4.78 is 9.97. The molecule has 2 heterocycles. The summed E-state index contributed by atoms with van der Waals surface area (Å²) in [6, 6.07) is 1.50. The van der Waals surface area contributed by atoms with Gasteiger partial charge in [-0.3, -0.25) is 15.2 Å². The summed E-state index contributed by atoms with van der Waals surface area (Å²) in [6.07, 6.45) is 0.657. The average molecular weight is 278 g/mol. The number of ether oxygens (including phenoxy) is 2. The Morgan fingerprint density at radius 3 is 2.40 bits per heavy atom. The van der Waals surface area contributed by atoms with Crippen molar-refractivity contribution in [3.63, 3.8) is 0 Å². The molecule has 0 spiro atoms. The van der Waals surface area contributed by atoms with Gasteiger partial charge in [0.1, 0.15) is 5.82 Å². The highest BCUT2D eigenvalue weighted by molar-refractivity contribution is 6.00. The Balaban J connectivity index is 2.18. The highest BCUT2D eigenvalue weighted by atomic mass is 16.5. The summed E-state index contributed by atoms with van der Waals surface area (Å²) in [5.74, 6) is 0.726. The Hall–Kier alpha value is -2.71. The van der Waals surface area contributed by atoms with Gasteiger partial charge in [0, 0.05) is 6.42 Å². The number of nitrogens with zero attached hydrogens (tertiary/aromatic N) is 4. The van der Waals surface area contributed by atoms with Crippen LogP contribution in [0.5, 0.6) is 11.8 Å². The highest BCUT2D eigenvalue weighted by Crippen LogP contribution is 2.17. The Bertz CT molecular complexity index is 590. The quantitative estimate of drug-likeness (QED) is 0.814. The molecular formula is C11H14N6O3. The largest absolute Gasteiger partial charge is 0.481 e. The Labute approximate surface area is 114 Å². The molecule has 0 fully saturated rings. The van der Waals surface area contributed by atoms with Crippen molar-refractivity contribution in [2.24, 2.45) is 0 Å². The molecule has 0 aliphatic heterocycles. The summed E-state index contributed by atoms with van der Waals surface area (Å²) in [7, 11) is 2.91. The highest BCUT2D eigenvalue weighted by Gasteiger charge is 2.15. The van der Waals surface area contributed by atoms with Gasteiger partial charge in [0.05, 0.1) is 20.3 Å². The molecule has 1 amide bonds. The minimum absolute atomic E-state index is 0.0206. The number of carbonyl (C=O) groups excluding carboxylic acids is 1. The first-order chi connectivity index (χ1) is 9.66. The summed E-state index contributed by atoms with van der Waals surface area (Å²) in [5.41, 5.74) is 0. The van der Waals surface area contributed by atoms with Crippen LogP contribution in [-0.2, 0) is 6.42 Å². The van der Waals surface area contributed by atoms with Crippen LogP contribution >= 0.6 is 0 Å². The van der Waals surface area contributed by atoms with E-state index >= 15 is 0 Å². The lowest BCUT2D eigenvalue weighted by Gasteiger charge is -2.06. The third-order valence-electron chi connectivity index (χ3n) is 2.39. The Morgan fingerprint density at radius 2 is 1.90 bits per heavy atom. The lowest BCUT2D eigenvalue weighted by molar-refractivity contribution is 0.101. The van der Waals surface area contributed by atoms with Gasteiger partial charge in [0.25, 0.3) is 5.91 Å². The first kappa shape index (κ1) is 13.7. The molecule has 0 saturated heterocycles. The molecule has 0 radical (unpaired) electrons. The zero-order valence-electron chi connectivity index (χ0n) is 11.3. The van der Waals surface area contributed by atoms with E-state index in [9.17, 15) is 4.79 Å². The smallest absolute Gasteiger partial charge is 0.297 e. The zero-order valence-corrected chi connectivity index (χ0v) is 11.3. The second-order valence-electron chi connectivity index (χ2n) is 3.69. The van der Waals surface area contributed by atoms with Gasteiger partial charge in [0.15, 0.2) is 0 Å². The van der Waals surface area contributed by atoms with Crippen LogP contribution in [0.15, 0.2) is 6.07 Å². The third kappa shape index (κ3) is 2.99. The third-order valence-corrected chi connectivity index (χ3v) is 2.39. The molecule has 2 N–H and O–H groups in total. The van der Waals surface area contributed by atoms with Crippen LogP contribution in [-0.4, -0.2) is 45.3 Å². The van der Waals surface area contributed by atoms with Crippen molar-refractivity contribution in [2.75, 3.05) is 19.5 Å². The van der Waals surface area contributed by atoms with Crippen LogP contribution in [0, 0.1) is 0 Å². The number of aromatic amines is 1. The van der Waals surface area contributed by atoms with E-state index in [-0.39, 0.29) is 23.5 Å². The molecule has 0 unspecified atom stereocenters.